The van der Waals surface area contributed by atoms with Crippen molar-refractivity contribution in [3.05, 3.63) is 11.6 Å². The molecular formula is C17H26O3. The zero-order chi connectivity index (χ0) is 15.1. The molecule has 0 aliphatic heterocycles. The molecule has 2 saturated carbocycles. The van der Waals surface area contributed by atoms with Crippen molar-refractivity contribution < 1.29 is 14.7 Å². The summed E-state index contributed by atoms with van der Waals surface area (Å²) in [5.74, 6) is -0.873. The summed E-state index contributed by atoms with van der Waals surface area (Å²) in [6.07, 6.45) is 6.23. The summed E-state index contributed by atoms with van der Waals surface area (Å²) < 4.78 is 0. The third-order valence-electron chi connectivity index (χ3n) is 5.93. The van der Waals surface area contributed by atoms with Crippen molar-refractivity contribution in [3.63, 3.8) is 0 Å². The summed E-state index contributed by atoms with van der Waals surface area (Å²) in [6.45, 7) is 8.42. The van der Waals surface area contributed by atoms with Gasteiger partial charge in [0.15, 0.2) is 5.78 Å². The Bertz CT molecular complexity index is 461. The van der Waals surface area contributed by atoms with Gasteiger partial charge in [-0.15, -0.1) is 0 Å². The minimum atomic E-state index is -0.801. The van der Waals surface area contributed by atoms with Gasteiger partial charge in [0, 0.05) is 5.41 Å². The molecule has 1 N–H and O–H groups in total. The van der Waals surface area contributed by atoms with E-state index in [0.717, 1.165) is 31.3 Å². The van der Waals surface area contributed by atoms with Crippen molar-refractivity contribution in [2.24, 2.45) is 22.7 Å². The van der Waals surface area contributed by atoms with Gasteiger partial charge in [-0.1, -0.05) is 46.6 Å². The summed E-state index contributed by atoms with van der Waals surface area (Å²) in [5.41, 5.74) is 0.466. The van der Waals surface area contributed by atoms with Crippen molar-refractivity contribution in [3.8, 4) is 0 Å². The van der Waals surface area contributed by atoms with Gasteiger partial charge < -0.3 is 5.11 Å². The highest BCUT2D eigenvalue weighted by atomic mass is 16.4. The number of hydrogen-bond donors (Lipinski definition) is 1. The highest BCUT2D eigenvalue weighted by Crippen LogP contribution is 2.65. The fourth-order valence-corrected chi connectivity index (χ4v) is 4.04. The largest absolute Gasteiger partial charge is 0.481 e. The highest BCUT2D eigenvalue weighted by Gasteiger charge is 2.63. The van der Waals surface area contributed by atoms with Crippen LogP contribution in [0.1, 0.15) is 59.8 Å². The van der Waals surface area contributed by atoms with Crippen LogP contribution in [0.25, 0.3) is 0 Å². The van der Waals surface area contributed by atoms with Crippen molar-refractivity contribution in [2.45, 2.75) is 59.8 Å². The molecule has 0 radical (unpaired) electrons. The molecule has 0 heterocycles. The molecule has 2 rings (SSSR count). The van der Waals surface area contributed by atoms with Crippen molar-refractivity contribution >= 4 is 11.8 Å². The zero-order valence-corrected chi connectivity index (χ0v) is 13.0. The Morgan fingerprint density at radius 3 is 2.55 bits per heavy atom. The normalized spacial score (nSPS) is 34.7. The van der Waals surface area contributed by atoms with Crippen LogP contribution in [0, 0.1) is 22.7 Å². The smallest absolute Gasteiger partial charge is 0.310 e. The Hall–Kier alpha value is -1.12. The number of ketones is 1. The predicted octanol–water partition coefficient (Wildman–Crippen LogP) is 3.83. The molecule has 112 valence electrons. The molecule has 3 heteroatoms. The summed E-state index contributed by atoms with van der Waals surface area (Å²) in [5, 5.41) is 9.36. The lowest BCUT2D eigenvalue weighted by Crippen LogP contribution is -2.32. The van der Waals surface area contributed by atoms with Gasteiger partial charge in [0.2, 0.25) is 0 Å². The molecule has 0 aromatic rings. The second-order valence-electron chi connectivity index (χ2n) is 7.18. The number of carboxylic acids is 1. The van der Waals surface area contributed by atoms with E-state index in [2.05, 4.69) is 27.7 Å². The van der Waals surface area contributed by atoms with E-state index in [9.17, 15) is 14.7 Å². The van der Waals surface area contributed by atoms with E-state index < -0.39 is 11.9 Å². The second-order valence-corrected chi connectivity index (χ2v) is 7.18. The van der Waals surface area contributed by atoms with Crippen molar-refractivity contribution in [2.75, 3.05) is 0 Å². The van der Waals surface area contributed by atoms with E-state index in [0.29, 0.717) is 6.42 Å². The number of aliphatic carboxylic acids is 1. The Balaban J connectivity index is 2.31. The SMILES string of the molecule is CCCC[C@H](/C=C1\C(=O)[C@]2(C)CC[C@@H]1C2(C)C)C(=O)O. The molecule has 3 atom stereocenters. The Labute approximate surface area is 121 Å². The lowest BCUT2D eigenvalue weighted by atomic mass is 9.70. The van der Waals surface area contributed by atoms with Gasteiger partial charge in [0.25, 0.3) is 0 Å². The molecule has 0 unspecified atom stereocenters. The predicted molar refractivity (Wildman–Crippen MR) is 78.4 cm³/mol. The Morgan fingerprint density at radius 2 is 2.10 bits per heavy atom. The van der Waals surface area contributed by atoms with Crippen LogP contribution in [0.15, 0.2) is 11.6 Å². The molecule has 0 amide bonds. The maximum absolute atomic E-state index is 12.7. The summed E-state index contributed by atoms with van der Waals surface area (Å²) >= 11 is 0. The second kappa shape index (κ2) is 5.01. The standard InChI is InChI=1S/C17H26O3/c1-5-6-7-11(15(19)20)10-12-13-8-9-17(4,14(12)18)16(13,2)3/h10-11,13H,5-9H2,1-4H3,(H,19,20)/b12-10-/t11-,13+,17+/m1/s1. The number of carbonyl (C=O) groups is 2. The number of allylic oxidation sites excluding steroid dienone is 1. The van der Waals surface area contributed by atoms with E-state index in [4.69, 9.17) is 0 Å². The molecule has 0 aromatic carbocycles. The van der Waals surface area contributed by atoms with Gasteiger partial charge in [0.1, 0.15) is 0 Å². The van der Waals surface area contributed by atoms with E-state index in [1.54, 1.807) is 6.08 Å². The average molecular weight is 278 g/mol. The molecule has 2 fully saturated rings. The number of carbonyl (C=O) groups excluding carboxylic acids is 1. The fourth-order valence-electron chi connectivity index (χ4n) is 4.04. The number of hydrogen-bond acceptors (Lipinski definition) is 2. The number of Topliss-reactive ketones (excluding diaryl/α,β-unsaturated/α-hetero) is 1. The first-order chi connectivity index (χ1) is 9.25. The van der Waals surface area contributed by atoms with E-state index >= 15 is 0 Å². The van der Waals surface area contributed by atoms with E-state index in [1.807, 2.05) is 0 Å². The van der Waals surface area contributed by atoms with Gasteiger partial charge in [-0.25, -0.2) is 0 Å². The van der Waals surface area contributed by atoms with Crippen LogP contribution in [-0.4, -0.2) is 16.9 Å². The number of rotatable bonds is 5. The van der Waals surface area contributed by atoms with Crippen LogP contribution in [-0.2, 0) is 9.59 Å². The van der Waals surface area contributed by atoms with Crippen LogP contribution in [0.5, 0.6) is 0 Å². The molecular weight excluding hydrogens is 252 g/mol. The first kappa shape index (κ1) is 15.3. The van der Waals surface area contributed by atoms with Crippen molar-refractivity contribution in [1.29, 1.82) is 0 Å². The summed E-state index contributed by atoms with van der Waals surface area (Å²) in [4.78, 5) is 24.1. The van der Waals surface area contributed by atoms with Crippen LogP contribution in [0.2, 0.25) is 0 Å². The third-order valence-corrected chi connectivity index (χ3v) is 5.93. The first-order valence-electron chi connectivity index (χ1n) is 7.75. The molecule has 2 bridgehead atoms. The minimum absolute atomic E-state index is 0.0380. The van der Waals surface area contributed by atoms with Gasteiger partial charge in [-0.05, 0) is 36.2 Å². The summed E-state index contributed by atoms with van der Waals surface area (Å²) in [7, 11) is 0. The molecule has 3 nitrogen and oxygen atoms in total. The Morgan fingerprint density at radius 1 is 1.45 bits per heavy atom. The molecule has 2 aliphatic carbocycles. The van der Waals surface area contributed by atoms with Gasteiger partial charge in [0.05, 0.1) is 5.92 Å². The van der Waals surface area contributed by atoms with Gasteiger partial charge in [-0.2, -0.15) is 0 Å². The maximum Gasteiger partial charge on any atom is 0.310 e. The third kappa shape index (κ3) is 2.02. The molecule has 2 aliphatic rings. The molecule has 0 aromatic heterocycles. The zero-order valence-electron chi connectivity index (χ0n) is 13.0. The quantitative estimate of drug-likeness (QED) is 0.778. The van der Waals surface area contributed by atoms with E-state index in [-0.39, 0.29) is 22.5 Å². The number of unbranched alkanes of at least 4 members (excludes halogenated alkanes) is 1. The lowest BCUT2D eigenvalue weighted by molar-refractivity contribution is -0.140. The number of fused-ring (bicyclic) bond motifs is 2. The molecule has 0 saturated heterocycles. The van der Waals surface area contributed by atoms with Crippen LogP contribution in [0.3, 0.4) is 0 Å². The summed E-state index contributed by atoms with van der Waals surface area (Å²) in [6, 6.07) is 0. The lowest BCUT2D eigenvalue weighted by Gasteiger charge is -2.31. The van der Waals surface area contributed by atoms with Crippen LogP contribution >= 0.6 is 0 Å². The van der Waals surface area contributed by atoms with Crippen molar-refractivity contribution in [1.82, 2.24) is 0 Å². The van der Waals surface area contributed by atoms with Gasteiger partial charge in [-0.3, -0.25) is 9.59 Å². The molecule has 0 spiro atoms. The topological polar surface area (TPSA) is 54.4 Å². The number of carboxylic acid groups (broad SMARTS) is 1. The first-order valence-corrected chi connectivity index (χ1v) is 7.75. The van der Waals surface area contributed by atoms with Gasteiger partial charge >= 0.3 is 5.97 Å². The maximum atomic E-state index is 12.7. The Kier molecular flexibility index (Phi) is 3.83. The minimum Gasteiger partial charge on any atom is -0.481 e. The molecule has 20 heavy (non-hydrogen) atoms. The van der Waals surface area contributed by atoms with Crippen LogP contribution < -0.4 is 0 Å². The van der Waals surface area contributed by atoms with E-state index in [1.165, 1.54) is 0 Å². The van der Waals surface area contributed by atoms with Crippen LogP contribution in [0.4, 0.5) is 0 Å². The highest BCUT2D eigenvalue weighted by molar-refractivity contribution is 6.05. The fraction of sp³-hybridized carbons (Fsp3) is 0.765. The average Bonchev–Trinajstić information content (AvgIpc) is 2.67. The monoisotopic (exact) mass is 278 g/mol.